The lowest BCUT2D eigenvalue weighted by molar-refractivity contribution is -0.146. The molecule has 0 fully saturated rings. The smallest absolute Gasteiger partial charge is 0.348 e. The summed E-state index contributed by atoms with van der Waals surface area (Å²) in [5, 5.41) is 20.6. The molecule has 0 aliphatic rings. The van der Waals surface area contributed by atoms with Gasteiger partial charge in [-0.15, -0.1) is 0 Å². The molecule has 0 spiro atoms. The van der Waals surface area contributed by atoms with Crippen LogP contribution >= 0.6 is 0 Å². The molecule has 0 unspecified atom stereocenters. The quantitative estimate of drug-likeness (QED) is 0.295. The minimum atomic E-state index is -1.06. The second-order valence-electron chi connectivity index (χ2n) is 8.36. The van der Waals surface area contributed by atoms with E-state index in [9.17, 15) is 24.2 Å². The fraction of sp³-hybridized carbons (Fsp3) is 0.552. The summed E-state index contributed by atoms with van der Waals surface area (Å²) in [6.45, 7) is 14.1. The van der Waals surface area contributed by atoms with Gasteiger partial charge in [-0.2, -0.15) is 4.98 Å². The number of benzene rings is 1. The van der Waals surface area contributed by atoms with Crippen LogP contribution in [0.2, 0.25) is 0 Å². The van der Waals surface area contributed by atoms with E-state index in [2.05, 4.69) is 4.98 Å². The maximum Gasteiger partial charge on any atom is 0.348 e. The summed E-state index contributed by atoms with van der Waals surface area (Å²) in [4.78, 5) is 28.4. The Morgan fingerprint density at radius 1 is 1.14 bits per heavy atom. The largest absolute Gasteiger partial charge is 0.466 e. The van der Waals surface area contributed by atoms with Gasteiger partial charge in [-0.3, -0.25) is 9.36 Å². The first-order chi connectivity index (χ1) is 17.6. The lowest BCUT2D eigenvalue weighted by Crippen LogP contribution is -2.25. The summed E-state index contributed by atoms with van der Waals surface area (Å²) in [6, 6.07) is 5.78. The third kappa shape index (κ3) is 11.4. The van der Waals surface area contributed by atoms with E-state index in [0.717, 1.165) is 12.8 Å². The van der Waals surface area contributed by atoms with E-state index < -0.39 is 29.7 Å². The Balaban J connectivity index is 0.00000308. The standard InChI is InChI=1S/C25H33FN2O5.2C2H6/c1-5-6-13-33-22(31)15-20(30)14-19(29)11-12-21-23(16(2)3)27-25(32)28(4)24(21)17-7-9-18(26)10-8-17;2*1-2/h7-12,16,19-20,29-30H,5-6,13-15H2,1-4H3;2*1-2H3/b12-11+;;/t19-,20-;;/m1../s1. The molecule has 2 N–H and O–H groups in total. The van der Waals surface area contributed by atoms with E-state index >= 15 is 0 Å². The van der Waals surface area contributed by atoms with Crippen molar-refractivity contribution in [3.63, 3.8) is 0 Å². The molecule has 0 aliphatic carbocycles. The lowest BCUT2D eigenvalue weighted by Gasteiger charge is -2.18. The van der Waals surface area contributed by atoms with Crippen LogP contribution in [0.1, 0.15) is 91.3 Å². The van der Waals surface area contributed by atoms with E-state index in [-0.39, 0.29) is 18.8 Å². The van der Waals surface area contributed by atoms with Crippen molar-refractivity contribution in [3.05, 3.63) is 57.9 Å². The molecule has 2 rings (SSSR count). The molecule has 8 heteroatoms. The summed E-state index contributed by atoms with van der Waals surface area (Å²) >= 11 is 0. The van der Waals surface area contributed by atoms with Gasteiger partial charge in [0.05, 0.1) is 36.6 Å². The molecule has 0 amide bonds. The number of unbranched alkanes of at least 4 members (excludes halogenated alkanes) is 1. The van der Waals surface area contributed by atoms with Gasteiger partial charge in [-0.1, -0.05) is 67.0 Å². The van der Waals surface area contributed by atoms with Gasteiger partial charge in [-0.25, -0.2) is 9.18 Å². The molecule has 37 heavy (non-hydrogen) atoms. The van der Waals surface area contributed by atoms with Crippen molar-refractivity contribution in [2.75, 3.05) is 6.61 Å². The first kappa shape index (κ1) is 34.2. The van der Waals surface area contributed by atoms with Gasteiger partial charge in [0.25, 0.3) is 0 Å². The molecule has 208 valence electrons. The molecule has 2 atom stereocenters. The third-order valence-corrected chi connectivity index (χ3v) is 5.20. The van der Waals surface area contributed by atoms with Crippen molar-refractivity contribution in [2.45, 2.75) is 92.3 Å². The first-order valence-electron chi connectivity index (χ1n) is 13.2. The number of aliphatic hydroxyl groups excluding tert-OH is 2. The van der Waals surface area contributed by atoms with Crippen LogP contribution < -0.4 is 5.69 Å². The minimum absolute atomic E-state index is 0.0541. The summed E-state index contributed by atoms with van der Waals surface area (Å²) in [6.07, 6.45) is 2.45. The zero-order valence-corrected chi connectivity index (χ0v) is 23.6. The highest BCUT2D eigenvalue weighted by atomic mass is 19.1. The average molecular weight is 521 g/mol. The Hall–Kier alpha value is -2.84. The highest BCUT2D eigenvalue weighted by molar-refractivity contribution is 5.74. The number of rotatable bonds is 11. The lowest BCUT2D eigenvalue weighted by atomic mass is 9.97. The number of aliphatic hydroxyl groups is 2. The highest BCUT2D eigenvalue weighted by Gasteiger charge is 2.19. The van der Waals surface area contributed by atoms with E-state index in [0.29, 0.717) is 29.1 Å². The highest BCUT2D eigenvalue weighted by Crippen LogP contribution is 2.29. The second kappa shape index (κ2) is 18.4. The number of aromatic nitrogens is 2. The van der Waals surface area contributed by atoms with Crippen molar-refractivity contribution in [2.24, 2.45) is 7.05 Å². The van der Waals surface area contributed by atoms with Crippen molar-refractivity contribution in [1.29, 1.82) is 0 Å². The molecule has 0 saturated carbocycles. The molecule has 2 aromatic rings. The van der Waals surface area contributed by atoms with E-state index in [1.54, 1.807) is 25.3 Å². The molecular weight excluding hydrogens is 475 g/mol. The summed E-state index contributed by atoms with van der Waals surface area (Å²) in [7, 11) is 1.58. The molecule has 1 aromatic carbocycles. The van der Waals surface area contributed by atoms with Crippen LogP contribution in [0.15, 0.2) is 35.1 Å². The van der Waals surface area contributed by atoms with Crippen LogP contribution in [0.3, 0.4) is 0 Å². The Morgan fingerprint density at radius 2 is 1.73 bits per heavy atom. The molecule has 0 aliphatic heterocycles. The van der Waals surface area contributed by atoms with E-state index in [1.807, 2.05) is 48.5 Å². The molecule has 1 heterocycles. The predicted molar refractivity (Wildman–Crippen MR) is 148 cm³/mol. The minimum Gasteiger partial charge on any atom is -0.466 e. The van der Waals surface area contributed by atoms with Gasteiger partial charge in [0, 0.05) is 19.0 Å². The Labute approximate surface area is 221 Å². The van der Waals surface area contributed by atoms with Crippen molar-refractivity contribution in [3.8, 4) is 11.3 Å². The molecule has 1 aromatic heterocycles. The fourth-order valence-corrected chi connectivity index (χ4v) is 3.43. The van der Waals surface area contributed by atoms with Crippen LogP contribution in [-0.4, -0.2) is 44.5 Å². The number of ether oxygens (including phenoxy) is 1. The SMILES string of the molecule is CC.CC.CCCCOC(=O)C[C@H](O)C[C@H](O)/C=C/c1c(C(C)C)nc(=O)n(C)c1-c1ccc(F)cc1. The molecule has 0 radical (unpaired) electrons. The van der Waals surface area contributed by atoms with Crippen LogP contribution in [0, 0.1) is 5.82 Å². The van der Waals surface area contributed by atoms with Gasteiger partial charge in [0.2, 0.25) is 0 Å². The summed E-state index contributed by atoms with van der Waals surface area (Å²) < 4.78 is 19.9. The molecule has 0 bridgehead atoms. The topological polar surface area (TPSA) is 102 Å². The fourth-order valence-electron chi connectivity index (χ4n) is 3.43. The Morgan fingerprint density at radius 3 is 2.27 bits per heavy atom. The number of carbonyl (C=O) groups excluding carboxylic acids is 1. The van der Waals surface area contributed by atoms with Crippen LogP contribution in [0.25, 0.3) is 17.3 Å². The first-order valence-corrected chi connectivity index (χ1v) is 13.2. The van der Waals surface area contributed by atoms with E-state index in [1.165, 1.54) is 22.8 Å². The van der Waals surface area contributed by atoms with Crippen LogP contribution in [-0.2, 0) is 16.6 Å². The zero-order valence-electron chi connectivity index (χ0n) is 23.6. The van der Waals surface area contributed by atoms with Gasteiger partial charge in [0.15, 0.2) is 0 Å². The summed E-state index contributed by atoms with van der Waals surface area (Å²) in [5.74, 6) is -0.981. The molecular formula is C29H45FN2O5. The van der Waals surface area contributed by atoms with Gasteiger partial charge in [-0.05, 0) is 42.2 Å². The number of nitrogens with zero attached hydrogens (tertiary/aromatic N) is 2. The zero-order chi connectivity index (χ0) is 28.5. The number of carbonyl (C=O) groups is 1. The van der Waals surface area contributed by atoms with Crippen LogP contribution in [0.4, 0.5) is 4.39 Å². The summed E-state index contributed by atoms with van der Waals surface area (Å²) in [5.41, 5.74) is 1.89. The van der Waals surface area contributed by atoms with Crippen LogP contribution in [0.5, 0.6) is 0 Å². The number of hydrogen-bond acceptors (Lipinski definition) is 6. The Bertz CT molecular complexity index is 1020. The number of esters is 1. The maximum atomic E-state index is 13.5. The number of halogens is 1. The normalized spacial score (nSPS) is 12.3. The average Bonchev–Trinajstić information content (AvgIpc) is 2.87. The van der Waals surface area contributed by atoms with Crippen molar-refractivity contribution in [1.82, 2.24) is 9.55 Å². The third-order valence-electron chi connectivity index (χ3n) is 5.20. The van der Waals surface area contributed by atoms with Crippen molar-refractivity contribution >= 4 is 12.0 Å². The maximum absolute atomic E-state index is 13.5. The van der Waals surface area contributed by atoms with Gasteiger partial charge in [0.1, 0.15) is 5.82 Å². The second-order valence-corrected chi connectivity index (χ2v) is 8.36. The molecule has 7 nitrogen and oxygen atoms in total. The van der Waals surface area contributed by atoms with Gasteiger partial charge >= 0.3 is 11.7 Å². The molecule has 0 saturated heterocycles. The van der Waals surface area contributed by atoms with Crippen molar-refractivity contribution < 1.29 is 24.1 Å². The Kier molecular flexibility index (Phi) is 17.0. The monoisotopic (exact) mass is 520 g/mol. The predicted octanol–water partition coefficient (Wildman–Crippen LogP) is 5.62. The number of hydrogen-bond donors (Lipinski definition) is 2. The van der Waals surface area contributed by atoms with Gasteiger partial charge < -0.3 is 14.9 Å². The van der Waals surface area contributed by atoms with E-state index in [4.69, 9.17) is 4.74 Å².